The Morgan fingerprint density at radius 1 is 0.718 bits per heavy atom. The normalized spacial score (nSPS) is 12.2. The number of nitro groups is 1. The van der Waals surface area contributed by atoms with Gasteiger partial charge in [-0.25, -0.2) is 0 Å². The molecule has 0 aliphatic heterocycles. The van der Waals surface area contributed by atoms with Crippen LogP contribution in [0, 0.1) is 10.1 Å². The van der Waals surface area contributed by atoms with Gasteiger partial charge in [0.1, 0.15) is 0 Å². The zero-order chi connectivity index (χ0) is 28.0. The Hall–Kier alpha value is -3.14. The summed E-state index contributed by atoms with van der Waals surface area (Å²) in [7, 11) is -2.54. The molecule has 0 bridgehead atoms. The summed E-state index contributed by atoms with van der Waals surface area (Å²) in [5.74, 6) is 0. The second-order valence-electron chi connectivity index (χ2n) is 10.1. The number of benzene rings is 3. The van der Waals surface area contributed by atoms with Crippen molar-refractivity contribution >= 4 is 30.5 Å². The van der Waals surface area contributed by atoms with Crippen LogP contribution in [0.1, 0.15) is 26.3 Å². The first-order valence-corrected chi connectivity index (χ1v) is 15.1. The molecule has 0 amide bonds. The molecule has 0 aromatic heterocycles. The van der Waals surface area contributed by atoms with Gasteiger partial charge in [-0.05, 0) is 33.1 Å². The smallest absolute Gasteiger partial charge is 0.269 e. The van der Waals surface area contributed by atoms with Gasteiger partial charge >= 0.3 is 0 Å². The molecule has 8 heteroatoms. The van der Waals surface area contributed by atoms with E-state index in [0.29, 0.717) is 46.2 Å². The van der Waals surface area contributed by atoms with E-state index in [1.807, 2.05) is 24.3 Å². The molecule has 3 aromatic carbocycles. The zero-order valence-corrected chi connectivity index (χ0v) is 24.1. The molecule has 3 rings (SSSR count). The van der Waals surface area contributed by atoms with Gasteiger partial charge in [-0.3, -0.25) is 10.1 Å². The van der Waals surface area contributed by atoms with Gasteiger partial charge in [0.15, 0.2) is 0 Å². The van der Waals surface area contributed by atoms with Crippen molar-refractivity contribution in [1.82, 2.24) is 0 Å². The third kappa shape index (κ3) is 8.95. The summed E-state index contributed by atoms with van der Waals surface area (Å²) in [5.41, 5.74) is 0.966. The monoisotopic (exact) mass is 549 g/mol. The van der Waals surface area contributed by atoms with Crippen molar-refractivity contribution in [3.8, 4) is 0 Å². The Balaban J connectivity index is 1.34. The maximum absolute atomic E-state index is 10.7. The van der Waals surface area contributed by atoms with Gasteiger partial charge in [-0.2, -0.15) is 0 Å². The number of hydrogen-bond acceptors (Lipinski definition) is 6. The fraction of sp³-hybridized carbons (Fsp3) is 0.355. The van der Waals surface area contributed by atoms with Crippen molar-refractivity contribution in [2.45, 2.75) is 25.8 Å². The summed E-state index contributed by atoms with van der Waals surface area (Å²) in [6.45, 7) is 10.2. The maximum atomic E-state index is 10.7. The lowest BCUT2D eigenvalue weighted by atomic mass is 10.2. The molecule has 0 heterocycles. The predicted molar refractivity (Wildman–Crippen MR) is 158 cm³/mol. The minimum atomic E-state index is -2.54. The Labute approximate surface area is 232 Å². The van der Waals surface area contributed by atoms with Crippen molar-refractivity contribution in [2.75, 3.05) is 46.2 Å². The van der Waals surface area contributed by atoms with Crippen molar-refractivity contribution in [3.63, 3.8) is 0 Å². The maximum Gasteiger partial charge on any atom is 0.269 e. The van der Waals surface area contributed by atoms with Crippen molar-refractivity contribution in [1.29, 1.82) is 0 Å². The van der Waals surface area contributed by atoms with Gasteiger partial charge in [0.2, 0.25) is 0 Å². The molecule has 0 atom stereocenters. The van der Waals surface area contributed by atoms with E-state index in [2.05, 4.69) is 69.3 Å². The van der Waals surface area contributed by atoms with Crippen LogP contribution in [0.5, 0.6) is 0 Å². The van der Waals surface area contributed by atoms with Crippen LogP contribution in [0.2, 0.25) is 5.04 Å². The number of ether oxygens (including phenoxy) is 3. The van der Waals surface area contributed by atoms with Crippen LogP contribution >= 0.6 is 0 Å². The SMILES string of the molecule is CC(C)(C)[Si](OCCOCCOCCOC/C=C/c1ccc([N+](=O)[O-])cc1)(c1ccccc1)c1ccccc1. The van der Waals surface area contributed by atoms with E-state index < -0.39 is 13.2 Å². The largest absolute Gasteiger partial charge is 0.405 e. The average molecular weight is 550 g/mol. The van der Waals surface area contributed by atoms with Crippen molar-refractivity contribution in [3.05, 3.63) is 107 Å². The Morgan fingerprint density at radius 3 is 1.69 bits per heavy atom. The van der Waals surface area contributed by atoms with Crippen LogP contribution in [0.15, 0.2) is 91.0 Å². The molecule has 0 saturated heterocycles. The Bertz CT molecular complexity index is 1110. The van der Waals surface area contributed by atoms with Crippen LogP contribution < -0.4 is 10.4 Å². The van der Waals surface area contributed by atoms with Gasteiger partial charge in [0.25, 0.3) is 14.0 Å². The molecule has 0 spiro atoms. The predicted octanol–water partition coefficient (Wildman–Crippen LogP) is 5.23. The first-order chi connectivity index (χ1) is 18.8. The van der Waals surface area contributed by atoms with Crippen LogP contribution in [-0.4, -0.2) is 59.5 Å². The van der Waals surface area contributed by atoms with E-state index in [1.54, 1.807) is 12.1 Å². The topological polar surface area (TPSA) is 80.1 Å². The van der Waals surface area contributed by atoms with Crippen molar-refractivity contribution in [2.24, 2.45) is 0 Å². The highest BCUT2D eigenvalue weighted by molar-refractivity contribution is 6.99. The number of rotatable bonds is 16. The summed E-state index contributed by atoms with van der Waals surface area (Å²) in [6, 6.07) is 27.6. The van der Waals surface area contributed by atoms with Gasteiger partial charge in [0, 0.05) is 12.1 Å². The second kappa shape index (κ2) is 15.4. The lowest BCUT2D eigenvalue weighted by Crippen LogP contribution is -2.66. The Kier molecular flexibility index (Phi) is 12.0. The van der Waals surface area contributed by atoms with E-state index >= 15 is 0 Å². The quantitative estimate of drug-likeness (QED) is 0.105. The molecule has 0 N–H and O–H groups in total. The van der Waals surface area contributed by atoms with E-state index in [-0.39, 0.29) is 10.7 Å². The summed E-state index contributed by atoms with van der Waals surface area (Å²) >= 11 is 0. The highest BCUT2D eigenvalue weighted by Crippen LogP contribution is 2.36. The van der Waals surface area contributed by atoms with Crippen LogP contribution in [0.25, 0.3) is 6.08 Å². The van der Waals surface area contributed by atoms with Gasteiger partial charge in [0.05, 0.1) is 51.2 Å². The number of hydrogen-bond donors (Lipinski definition) is 0. The molecular weight excluding hydrogens is 510 g/mol. The van der Waals surface area contributed by atoms with Gasteiger partial charge in [-0.1, -0.05) is 93.6 Å². The highest BCUT2D eigenvalue weighted by atomic mass is 28.4. The molecule has 0 unspecified atom stereocenters. The average Bonchev–Trinajstić information content (AvgIpc) is 2.94. The van der Waals surface area contributed by atoms with Gasteiger partial charge < -0.3 is 18.6 Å². The van der Waals surface area contributed by atoms with Gasteiger partial charge in [-0.15, -0.1) is 0 Å². The van der Waals surface area contributed by atoms with Crippen LogP contribution in [0.4, 0.5) is 5.69 Å². The van der Waals surface area contributed by atoms with Crippen molar-refractivity contribution < 1.29 is 23.6 Å². The molecule has 0 aliphatic rings. The Morgan fingerprint density at radius 2 is 1.21 bits per heavy atom. The highest BCUT2D eigenvalue weighted by Gasteiger charge is 2.49. The first kappa shape index (κ1) is 30.4. The zero-order valence-electron chi connectivity index (χ0n) is 23.1. The second-order valence-corrected chi connectivity index (χ2v) is 14.4. The third-order valence-corrected chi connectivity index (χ3v) is 11.4. The number of nitrogens with zero attached hydrogens (tertiary/aromatic N) is 1. The molecule has 0 fully saturated rings. The van der Waals surface area contributed by atoms with E-state index in [9.17, 15) is 10.1 Å². The molecule has 0 saturated carbocycles. The van der Waals surface area contributed by atoms with E-state index in [4.69, 9.17) is 18.6 Å². The van der Waals surface area contributed by atoms with E-state index in [1.165, 1.54) is 22.5 Å². The summed E-state index contributed by atoms with van der Waals surface area (Å²) in [5, 5.41) is 13.2. The standard InChI is InChI=1S/C31H39NO6Si/c1-31(2,3)39(29-12-6-4-7-13-29,30-14-8-5-9-15-30)38-26-25-37-24-23-36-22-21-35-20-10-11-27-16-18-28(19-17-27)32(33)34/h4-19H,20-26H2,1-3H3/b11-10+. The summed E-state index contributed by atoms with van der Waals surface area (Å²) in [4.78, 5) is 10.3. The lowest BCUT2D eigenvalue weighted by molar-refractivity contribution is -0.384. The molecule has 7 nitrogen and oxygen atoms in total. The number of nitro benzene ring substituents is 1. The van der Waals surface area contributed by atoms with E-state index in [0.717, 1.165) is 5.56 Å². The third-order valence-electron chi connectivity index (χ3n) is 6.34. The van der Waals surface area contributed by atoms with Crippen LogP contribution in [-0.2, 0) is 18.6 Å². The first-order valence-electron chi connectivity index (χ1n) is 13.2. The number of non-ortho nitro benzene ring substituents is 1. The molecule has 39 heavy (non-hydrogen) atoms. The minimum absolute atomic E-state index is 0.0597. The lowest BCUT2D eigenvalue weighted by Gasteiger charge is -2.43. The summed E-state index contributed by atoms with van der Waals surface area (Å²) < 4.78 is 23.8. The molecule has 208 valence electrons. The fourth-order valence-electron chi connectivity index (χ4n) is 4.50. The molecule has 0 radical (unpaired) electrons. The summed E-state index contributed by atoms with van der Waals surface area (Å²) in [6.07, 6.45) is 3.74. The minimum Gasteiger partial charge on any atom is -0.405 e. The molecular formula is C31H39NO6Si. The molecule has 3 aromatic rings. The van der Waals surface area contributed by atoms with Crippen LogP contribution in [0.3, 0.4) is 0 Å². The molecule has 0 aliphatic carbocycles. The fourth-order valence-corrected chi connectivity index (χ4v) is 9.04.